The molecule has 0 aliphatic carbocycles. The van der Waals surface area contributed by atoms with Gasteiger partial charge in [0, 0.05) is 41.8 Å². The number of H-pyrrole nitrogens is 2. The van der Waals surface area contributed by atoms with Gasteiger partial charge in [-0.25, -0.2) is 4.98 Å². The predicted octanol–water partition coefficient (Wildman–Crippen LogP) is 0.609. The number of benzene rings is 1. The van der Waals surface area contributed by atoms with Crippen LogP contribution in [-0.2, 0) is 32.0 Å². The smallest absolute Gasteiger partial charge is 0.325 e. The van der Waals surface area contributed by atoms with Crippen molar-refractivity contribution in [2.24, 2.45) is 11.7 Å². The largest absolute Gasteiger partial charge is 0.480 e. The minimum Gasteiger partial charge on any atom is -0.480 e. The molecule has 0 aliphatic rings. The molecule has 2 heterocycles. The molecule has 12 nitrogen and oxygen atoms in total. The highest BCUT2D eigenvalue weighted by Gasteiger charge is 2.30. The Hall–Kier alpha value is -4.19. The van der Waals surface area contributed by atoms with Gasteiger partial charge in [-0.05, 0) is 30.9 Å². The Labute approximate surface area is 220 Å². The van der Waals surface area contributed by atoms with Crippen LogP contribution in [0, 0.1) is 5.92 Å². The first-order chi connectivity index (χ1) is 18.0. The van der Waals surface area contributed by atoms with Crippen molar-refractivity contribution in [2.75, 3.05) is 0 Å². The SMILES string of the molecule is CC(C)CC(NC(=O)C(Cc1c[nH]c2ccccc12)NC(=O)C(N)Cc1cnc[nH]1)C(=O)NC(C)C(=O)O. The zero-order chi connectivity index (χ0) is 27.8. The van der Waals surface area contributed by atoms with Gasteiger partial charge in [0.2, 0.25) is 17.7 Å². The van der Waals surface area contributed by atoms with Gasteiger partial charge in [-0.15, -0.1) is 0 Å². The second-order valence-electron chi connectivity index (χ2n) is 9.77. The minimum atomic E-state index is -1.19. The van der Waals surface area contributed by atoms with Crippen LogP contribution in [0.1, 0.15) is 38.4 Å². The van der Waals surface area contributed by atoms with Gasteiger partial charge >= 0.3 is 5.97 Å². The number of imidazole rings is 1. The lowest BCUT2D eigenvalue weighted by atomic mass is 10.00. The van der Waals surface area contributed by atoms with Gasteiger partial charge in [0.15, 0.2) is 0 Å². The number of aliphatic carboxylic acids is 1. The van der Waals surface area contributed by atoms with Gasteiger partial charge in [-0.2, -0.15) is 0 Å². The summed E-state index contributed by atoms with van der Waals surface area (Å²) in [5.74, 6) is -2.90. The van der Waals surface area contributed by atoms with Gasteiger partial charge in [0.25, 0.3) is 0 Å². The van der Waals surface area contributed by atoms with Gasteiger partial charge in [0.1, 0.15) is 18.1 Å². The van der Waals surface area contributed by atoms with Crippen molar-refractivity contribution in [1.29, 1.82) is 0 Å². The maximum Gasteiger partial charge on any atom is 0.325 e. The Morgan fingerprint density at radius 1 is 0.947 bits per heavy atom. The number of nitrogens with one attached hydrogen (secondary N) is 5. The summed E-state index contributed by atoms with van der Waals surface area (Å²) in [6, 6.07) is 3.45. The molecule has 2 aromatic heterocycles. The molecule has 4 unspecified atom stereocenters. The number of amides is 3. The molecule has 0 saturated carbocycles. The van der Waals surface area contributed by atoms with Crippen LogP contribution in [0.4, 0.5) is 0 Å². The van der Waals surface area contributed by atoms with E-state index in [-0.39, 0.29) is 25.2 Å². The zero-order valence-corrected chi connectivity index (χ0v) is 21.7. The quantitative estimate of drug-likeness (QED) is 0.170. The minimum absolute atomic E-state index is 0.0238. The Bertz CT molecular complexity index is 1250. The average molecular weight is 526 g/mol. The fraction of sp³-hybridized carbons (Fsp3) is 0.423. The molecular formula is C26H35N7O5. The van der Waals surface area contributed by atoms with Crippen molar-refractivity contribution >= 4 is 34.6 Å². The summed E-state index contributed by atoms with van der Waals surface area (Å²) in [6.45, 7) is 5.11. The van der Waals surface area contributed by atoms with E-state index in [1.807, 2.05) is 38.1 Å². The monoisotopic (exact) mass is 525 g/mol. The van der Waals surface area contributed by atoms with Gasteiger partial charge in [0.05, 0.1) is 12.4 Å². The van der Waals surface area contributed by atoms with Crippen LogP contribution >= 0.6 is 0 Å². The molecule has 38 heavy (non-hydrogen) atoms. The Morgan fingerprint density at radius 3 is 2.29 bits per heavy atom. The number of rotatable bonds is 13. The molecule has 0 aliphatic heterocycles. The van der Waals surface area contributed by atoms with E-state index in [1.165, 1.54) is 13.3 Å². The number of carboxylic acids is 1. The van der Waals surface area contributed by atoms with Crippen molar-refractivity contribution in [3.63, 3.8) is 0 Å². The molecule has 0 radical (unpaired) electrons. The highest BCUT2D eigenvalue weighted by atomic mass is 16.4. The van der Waals surface area contributed by atoms with E-state index < -0.39 is 47.9 Å². The summed E-state index contributed by atoms with van der Waals surface area (Å²) in [4.78, 5) is 60.5. The number of aromatic amines is 2. The lowest BCUT2D eigenvalue weighted by molar-refractivity contribution is -0.141. The second kappa shape index (κ2) is 12.9. The van der Waals surface area contributed by atoms with E-state index in [4.69, 9.17) is 10.8 Å². The molecule has 4 atom stereocenters. The standard InChI is InChI=1S/C26H35N7O5/c1-14(2)8-21(24(35)31-15(3)26(37)38)33-25(36)22(9-16-11-29-20-7-5-4-6-18(16)20)32-23(34)19(27)10-17-12-28-13-30-17/h4-7,11-15,19,21-22,29H,8-10,27H2,1-3H3,(H,28,30)(H,31,35)(H,32,34)(H,33,36)(H,37,38). The van der Waals surface area contributed by atoms with Crippen LogP contribution < -0.4 is 21.7 Å². The van der Waals surface area contributed by atoms with Crippen molar-refractivity contribution in [2.45, 2.75) is 64.2 Å². The summed E-state index contributed by atoms with van der Waals surface area (Å²) in [5, 5.41) is 17.9. The number of nitrogens with zero attached hydrogens (tertiary/aromatic N) is 1. The van der Waals surface area contributed by atoms with Crippen molar-refractivity contribution < 1.29 is 24.3 Å². The molecule has 1 aromatic carbocycles. The van der Waals surface area contributed by atoms with Crippen LogP contribution in [0.25, 0.3) is 10.9 Å². The van der Waals surface area contributed by atoms with Crippen LogP contribution in [0.5, 0.6) is 0 Å². The Morgan fingerprint density at radius 2 is 1.63 bits per heavy atom. The van der Waals surface area contributed by atoms with Gasteiger partial charge in [-0.1, -0.05) is 32.0 Å². The third-order valence-corrected chi connectivity index (χ3v) is 6.13. The number of aromatic nitrogens is 3. The number of carbonyl (C=O) groups is 4. The van der Waals surface area contributed by atoms with E-state index in [0.29, 0.717) is 5.69 Å². The van der Waals surface area contributed by atoms with Crippen LogP contribution in [-0.4, -0.2) is 67.9 Å². The molecule has 3 rings (SSSR count). The molecule has 204 valence electrons. The fourth-order valence-corrected chi connectivity index (χ4v) is 4.09. The second-order valence-corrected chi connectivity index (χ2v) is 9.77. The first-order valence-corrected chi connectivity index (χ1v) is 12.5. The topological polar surface area (TPSA) is 195 Å². The Kier molecular flexibility index (Phi) is 9.61. The van der Waals surface area contributed by atoms with Crippen molar-refractivity contribution in [1.82, 2.24) is 30.9 Å². The number of para-hydroxylation sites is 1. The molecule has 0 saturated heterocycles. The normalized spacial score (nSPS) is 14.4. The highest BCUT2D eigenvalue weighted by Crippen LogP contribution is 2.19. The molecule has 0 fully saturated rings. The maximum absolute atomic E-state index is 13.5. The first-order valence-electron chi connectivity index (χ1n) is 12.5. The summed E-state index contributed by atoms with van der Waals surface area (Å²) in [6.07, 6.45) is 5.43. The summed E-state index contributed by atoms with van der Waals surface area (Å²) in [7, 11) is 0. The van der Waals surface area contributed by atoms with Gasteiger partial charge in [-0.3, -0.25) is 19.2 Å². The van der Waals surface area contributed by atoms with E-state index in [1.54, 1.807) is 12.4 Å². The third-order valence-electron chi connectivity index (χ3n) is 6.13. The number of nitrogens with two attached hydrogens (primary N) is 1. The van der Waals surface area contributed by atoms with E-state index in [2.05, 4.69) is 30.9 Å². The molecule has 3 aromatic rings. The molecule has 12 heteroatoms. The van der Waals surface area contributed by atoms with Crippen LogP contribution in [0.15, 0.2) is 43.0 Å². The lowest BCUT2D eigenvalue weighted by Crippen LogP contribution is -2.57. The number of carboxylic acid groups (broad SMARTS) is 1. The predicted molar refractivity (Wildman–Crippen MR) is 141 cm³/mol. The molecule has 8 N–H and O–H groups in total. The zero-order valence-electron chi connectivity index (χ0n) is 21.7. The summed E-state index contributed by atoms with van der Waals surface area (Å²) in [5.41, 5.74) is 8.45. The Balaban J connectivity index is 1.81. The summed E-state index contributed by atoms with van der Waals surface area (Å²) < 4.78 is 0. The first kappa shape index (κ1) is 28.4. The van der Waals surface area contributed by atoms with Crippen LogP contribution in [0.3, 0.4) is 0 Å². The number of fused-ring (bicyclic) bond motifs is 1. The van der Waals surface area contributed by atoms with E-state index in [9.17, 15) is 19.2 Å². The van der Waals surface area contributed by atoms with Crippen molar-refractivity contribution in [3.8, 4) is 0 Å². The third kappa shape index (κ3) is 7.65. The number of carbonyl (C=O) groups excluding carboxylic acids is 3. The maximum atomic E-state index is 13.5. The van der Waals surface area contributed by atoms with Gasteiger partial charge < -0.3 is 36.8 Å². The number of hydrogen-bond acceptors (Lipinski definition) is 6. The summed E-state index contributed by atoms with van der Waals surface area (Å²) >= 11 is 0. The lowest BCUT2D eigenvalue weighted by Gasteiger charge is -2.25. The molecule has 0 spiro atoms. The van der Waals surface area contributed by atoms with Crippen LogP contribution in [0.2, 0.25) is 0 Å². The van der Waals surface area contributed by atoms with Crippen molar-refractivity contribution in [3.05, 3.63) is 54.2 Å². The van der Waals surface area contributed by atoms with E-state index >= 15 is 0 Å². The average Bonchev–Trinajstić information content (AvgIpc) is 3.52. The highest BCUT2D eigenvalue weighted by molar-refractivity contribution is 5.94. The molecular weight excluding hydrogens is 490 g/mol. The van der Waals surface area contributed by atoms with E-state index in [0.717, 1.165) is 16.5 Å². The fourth-order valence-electron chi connectivity index (χ4n) is 4.09. The molecule has 3 amide bonds. The number of hydrogen-bond donors (Lipinski definition) is 7. The molecule has 0 bridgehead atoms.